The smallest absolute Gasteiger partial charge is 0.336 e. The van der Waals surface area contributed by atoms with Crippen molar-refractivity contribution >= 4 is 17.9 Å². The summed E-state index contributed by atoms with van der Waals surface area (Å²) in [6, 6.07) is -0.435. The molecule has 3 aliphatic rings. The second-order valence-electron chi connectivity index (χ2n) is 11.8. The number of fused-ring (bicyclic) bond motifs is 2. The maximum atomic E-state index is 12.2. The van der Waals surface area contributed by atoms with E-state index in [9.17, 15) is 39.0 Å². The van der Waals surface area contributed by atoms with Crippen LogP contribution in [-0.2, 0) is 35.0 Å². The van der Waals surface area contributed by atoms with Crippen molar-refractivity contribution in [2.75, 3.05) is 20.2 Å². The first-order valence-electron chi connectivity index (χ1n) is 14.8. The van der Waals surface area contributed by atoms with Crippen LogP contribution in [0.4, 0.5) is 4.79 Å². The fourth-order valence-electron chi connectivity index (χ4n) is 5.39. The third kappa shape index (κ3) is 7.83. The lowest BCUT2D eigenvalue weighted by Gasteiger charge is -2.29. The molecule has 1 aromatic heterocycles. The van der Waals surface area contributed by atoms with Crippen LogP contribution < -0.4 is 17.1 Å². The number of hydrogen-bond donors (Lipinski definition) is 2. The number of amides is 3. The fourth-order valence-corrected chi connectivity index (χ4v) is 5.39. The van der Waals surface area contributed by atoms with Gasteiger partial charge in [-0.25, -0.2) is 32.9 Å². The second-order valence-corrected chi connectivity index (χ2v) is 11.8. The molecule has 0 aromatic carbocycles. The van der Waals surface area contributed by atoms with Crippen LogP contribution >= 0.6 is 0 Å². The summed E-state index contributed by atoms with van der Waals surface area (Å²) < 4.78 is 7.41. The van der Waals surface area contributed by atoms with Crippen LogP contribution in [0.2, 0.25) is 0 Å². The molecule has 1 aliphatic heterocycles. The van der Waals surface area contributed by atoms with Crippen molar-refractivity contribution in [2.45, 2.75) is 77.7 Å². The topological polar surface area (TPSA) is 173 Å². The van der Waals surface area contributed by atoms with E-state index in [1.165, 1.54) is 38.6 Å². The Morgan fingerprint density at radius 1 is 0.977 bits per heavy atom. The Labute approximate surface area is 256 Å². The van der Waals surface area contributed by atoms with Crippen molar-refractivity contribution in [1.29, 1.82) is 0 Å². The third-order valence-electron chi connectivity index (χ3n) is 8.34. The number of carbonyl (C=O) groups excluding carboxylic acids is 3. The molecule has 5 atom stereocenters. The summed E-state index contributed by atoms with van der Waals surface area (Å²) in [5.41, 5.74) is -2.85. The molecule has 1 aromatic rings. The number of aliphatic hydroxyl groups is 2. The first-order chi connectivity index (χ1) is 20.6. The van der Waals surface area contributed by atoms with Crippen LogP contribution in [-0.4, -0.2) is 89.6 Å². The van der Waals surface area contributed by atoms with Gasteiger partial charge in [-0.1, -0.05) is 32.1 Å². The number of urea groups is 1. The Balaban J connectivity index is 0.000000239. The van der Waals surface area contributed by atoms with Gasteiger partial charge in [-0.3, -0.25) is 14.5 Å². The lowest BCUT2D eigenvalue weighted by atomic mass is 9.94. The molecule has 3 amide bonds. The van der Waals surface area contributed by atoms with Crippen molar-refractivity contribution in [3.05, 3.63) is 56.3 Å². The molecule has 0 radical (unpaired) electrons. The number of allylic oxidation sites excluding steroid dienone is 3. The van der Waals surface area contributed by atoms with Crippen molar-refractivity contribution < 1.29 is 29.3 Å². The number of carbonyl (C=O) groups is 3. The Bertz CT molecular complexity index is 1380. The molecule has 1 saturated heterocycles. The van der Waals surface area contributed by atoms with Gasteiger partial charge >= 0.3 is 29.1 Å². The summed E-state index contributed by atoms with van der Waals surface area (Å²) in [6.45, 7) is 10.6. The first kappa shape index (κ1) is 36.4. The molecular formula is C30H47N5O9. The minimum Gasteiger partial charge on any atom is -0.469 e. The normalized spacial score (nSPS) is 22.6. The summed E-state index contributed by atoms with van der Waals surface area (Å²) in [5, 5.41) is 19.3. The average Bonchev–Trinajstić information content (AvgIpc) is 3.69. The largest absolute Gasteiger partial charge is 0.469 e. The van der Waals surface area contributed by atoms with Crippen LogP contribution in [0.5, 0.6) is 0 Å². The number of methoxy groups -OCH3 is 1. The molecule has 5 unspecified atom stereocenters. The molecule has 2 N–H and O–H groups in total. The Kier molecular flexibility index (Phi) is 12.7. The summed E-state index contributed by atoms with van der Waals surface area (Å²) in [5.74, 6) is 0.946. The maximum Gasteiger partial charge on any atom is 0.336 e. The number of ether oxygens (including phenoxy) is 1. The Morgan fingerprint density at radius 3 is 1.95 bits per heavy atom. The lowest BCUT2D eigenvalue weighted by Crippen LogP contribution is -2.52. The van der Waals surface area contributed by atoms with Gasteiger partial charge in [-0.15, -0.1) is 6.58 Å². The molecule has 2 bridgehead atoms. The van der Waals surface area contributed by atoms with Gasteiger partial charge in [0.05, 0.1) is 38.3 Å². The van der Waals surface area contributed by atoms with Gasteiger partial charge < -0.3 is 19.8 Å². The molecule has 4 rings (SSSR count). The summed E-state index contributed by atoms with van der Waals surface area (Å²) in [6.07, 6.45) is 7.63. The Morgan fingerprint density at radius 2 is 1.52 bits per heavy atom. The van der Waals surface area contributed by atoms with E-state index < -0.39 is 40.8 Å². The van der Waals surface area contributed by atoms with Crippen LogP contribution in [0.25, 0.3) is 0 Å². The van der Waals surface area contributed by atoms with E-state index in [0.29, 0.717) is 24.7 Å². The van der Waals surface area contributed by atoms with E-state index in [1.807, 2.05) is 6.92 Å². The van der Waals surface area contributed by atoms with Gasteiger partial charge in [-0.2, -0.15) is 0 Å². The van der Waals surface area contributed by atoms with Crippen molar-refractivity contribution in [2.24, 2.45) is 31.8 Å². The van der Waals surface area contributed by atoms with Gasteiger partial charge in [0.1, 0.15) is 5.54 Å². The summed E-state index contributed by atoms with van der Waals surface area (Å²) in [4.78, 5) is 72.2. The number of rotatable bonds is 9. The monoisotopic (exact) mass is 621 g/mol. The average molecular weight is 622 g/mol. The zero-order valence-electron chi connectivity index (χ0n) is 26.8. The highest BCUT2D eigenvalue weighted by atomic mass is 16.5. The fraction of sp³-hybridized carbons (Fsp3) is 0.667. The van der Waals surface area contributed by atoms with Gasteiger partial charge in [0.2, 0.25) is 0 Å². The van der Waals surface area contributed by atoms with Crippen LogP contribution in [0.3, 0.4) is 0 Å². The van der Waals surface area contributed by atoms with Crippen LogP contribution in [0, 0.1) is 17.8 Å². The van der Waals surface area contributed by atoms with E-state index in [4.69, 9.17) is 4.74 Å². The van der Waals surface area contributed by atoms with E-state index in [1.54, 1.807) is 20.8 Å². The SMILES string of the molecule is C=CCn1c(=O)n(C)c(=O)n(C)c1=O.CCC(O)CN1C(=O)N(CC(O)CC)C(C)(C)C1=O.COC(=O)C1CC2C=CC1C2. The number of β-amino-alcohol motifs (C(OH)–C–C–N with tert-alkyl or cyclic N) is 2. The van der Waals surface area contributed by atoms with E-state index in [2.05, 4.69) is 18.7 Å². The summed E-state index contributed by atoms with van der Waals surface area (Å²) >= 11 is 0. The van der Waals surface area contributed by atoms with Gasteiger partial charge in [-0.05, 0) is 51.4 Å². The number of aliphatic hydroxyl groups excluding tert-OH is 2. The molecule has 1 saturated carbocycles. The maximum absolute atomic E-state index is 12.2. The highest BCUT2D eigenvalue weighted by Crippen LogP contribution is 2.43. The molecule has 2 fully saturated rings. The quantitative estimate of drug-likeness (QED) is 0.224. The number of aromatic nitrogens is 3. The van der Waals surface area contributed by atoms with E-state index >= 15 is 0 Å². The molecular weight excluding hydrogens is 574 g/mol. The molecule has 14 nitrogen and oxygen atoms in total. The van der Waals surface area contributed by atoms with Crippen molar-refractivity contribution in [1.82, 2.24) is 23.5 Å². The highest BCUT2D eigenvalue weighted by molar-refractivity contribution is 6.06. The standard InChI is InChI=1S/C13H24N2O4.C9H12O2.C8H11N3O3/c1-5-9(16)7-14-11(18)13(3,4)15(12(14)19)8-10(17)6-2;1-11-9(10)8-5-6-2-3-7(8)4-6;1-4-5-11-7(13)9(2)6(12)10(3)8(11)14/h9-10,16-17H,5-8H2,1-4H3;2-3,6-8H,4-5H2,1H3;4H,1,5H2,2-3H3. The van der Waals surface area contributed by atoms with Crippen LogP contribution in [0.1, 0.15) is 53.4 Å². The minimum atomic E-state index is -0.972. The van der Waals surface area contributed by atoms with Gasteiger partial charge in [0.15, 0.2) is 0 Å². The van der Waals surface area contributed by atoms with E-state index in [-0.39, 0.29) is 37.4 Å². The Hall–Kier alpha value is -3.78. The van der Waals surface area contributed by atoms with Gasteiger partial charge in [0.25, 0.3) is 5.91 Å². The lowest BCUT2D eigenvalue weighted by molar-refractivity contribution is -0.146. The summed E-state index contributed by atoms with van der Waals surface area (Å²) in [7, 11) is 4.12. The first-order valence-corrected chi connectivity index (χ1v) is 14.8. The molecule has 14 heteroatoms. The zero-order chi connectivity index (χ0) is 33.5. The number of nitrogens with zero attached hydrogens (tertiary/aromatic N) is 5. The highest BCUT2D eigenvalue weighted by Gasteiger charge is 2.51. The molecule has 44 heavy (non-hydrogen) atoms. The predicted octanol–water partition coefficient (Wildman–Crippen LogP) is 0.374. The minimum absolute atomic E-state index is 0.0102. The predicted molar refractivity (Wildman–Crippen MR) is 163 cm³/mol. The number of imide groups is 1. The van der Waals surface area contributed by atoms with Crippen LogP contribution in [0.15, 0.2) is 39.2 Å². The third-order valence-corrected chi connectivity index (χ3v) is 8.34. The van der Waals surface area contributed by atoms with Crippen molar-refractivity contribution in [3.8, 4) is 0 Å². The van der Waals surface area contributed by atoms with E-state index in [0.717, 1.165) is 25.0 Å². The molecule has 0 spiro atoms. The second kappa shape index (κ2) is 15.3. The number of esters is 1. The molecule has 2 heterocycles. The van der Waals surface area contributed by atoms with Crippen molar-refractivity contribution in [3.63, 3.8) is 0 Å². The zero-order valence-corrected chi connectivity index (χ0v) is 26.8. The van der Waals surface area contributed by atoms with Gasteiger partial charge in [0, 0.05) is 20.6 Å². The number of hydrogen-bond acceptors (Lipinski definition) is 9. The molecule has 2 aliphatic carbocycles. The molecule has 246 valence electrons.